The van der Waals surface area contributed by atoms with Crippen LogP contribution in [0.3, 0.4) is 0 Å². The lowest BCUT2D eigenvalue weighted by Crippen LogP contribution is -2.30. The SMILES string of the molecule is CCCCCCCCCCCC(=O)OC[C@H](COP(=O)(O)OC[C@@H](O)COP(=O)(O)OC[C@@H](COC(=O)CCCCCCC)OC(=O)CCCCCCCCCCC)OC(=O)CCCCCCCCCCCCCCCCC(C)CC. The van der Waals surface area contributed by atoms with E-state index in [9.17, 15) is 43.2 Å². The van der Waals surface area contributed by atoms with Crippen molar-refractivity contribution in [3.63, 3.8) is 0 Å². The second-order valence-corrected chi connectivity index (χ2v) is 25.6. The van der Waals surface area contributed by atoms with Crippen molar-refractivity contribution < 1.29 is 80.2 Å². The molecule has 0 aromatic rings. The number of carbonyl (C=O) groups excluding carboxylic acids is 4. The van der Waals surface area contributed by atoms with E-state index in [2.05, 4.69) is 34.6 Å². The maximum Gasteiger partial charge on any atom is 0.472 e. The Hall–Kier alpha value is -1.94. The summed E-state index contributed by atoms with van der Waals surface area (Å²) in [5.74, 6) is -1.30. The van der Waals surface area contributed by atoms with Crippen molar-refractivity contribution in [1.82, 2.24) is 0 Å². The first-order valence-corrected chi connectivity index (χ1v) is 35.7. The van der Waals surface area contributed by atoms with Gasteiger partial charge >= 0.3 is 39.5 Å². The highest BCUT2D eigenvalue weighted by molar-refractivity contribution is 7.47. The fourth-order valence-corrected chi connectivity index (χ4v) is 10.8. The Morgan fingerprint density at radius 3 is 0.877 bits per heavy atom. The van der Waals surface area contributed by atoms with Crippen molar-refractivity contribution in [2.24, 2.45) is 5.92 Å². The molecular weight excluding hydrogens is 1080 g/mol. The van der Waals surface area contributed by atoms with Crippen LogP contribution in [-0.4, -0.2) is 96.7 Å². The van der Waals surface area contributed by atoms with Gasteiger partial charge in [-0.25, -0.2) is 9.13 Å². The molecule has 0 saturated heterocycles. The van der Waals surface area contributed by atoms with Gasteiger partial charge in [-0.3, -0.25) is 37.3 Å². The highest BCUT2D eigenvalue weighted by Crippen LogP contribution is 2.45. The van der Waals surface area contributed by atoms with Gasteiger partial charge in [0.15, 0.2) is 12.2 Å². The van der Waals surface area contributed by atoms with Gasteiger partial charge in [0.25, 0.3) is 0 Å². The second-order valence-electron chi connectivity index (χ2n) is 22.7. The zero-order chi connectivity index (χ0) is 59.9. The topological polar surface area (TPSA) is 237 Å². The lowest BCUT2D eigenvalue weighted by molar-refractivity contribution is -0.161. The van der Waals surface area contributed by atoms with Gasteiger partial charge in [0.05, 0.1) is 26.4 Å². The first kappa shape index (κ1) is 79.1. The van der Waals surface area contributed by atoms with Crippen LogP contribution in [0.5, 0.6) is 0 Å². The first-order chi connectivity index (χ1) is 39.1. The molecule has 0 aliphatic carbocycles. The number of aliphatic hydroxyl groups is 1. The van der Waals surface area contributed by atoms with E-state index in [0.29, 0.717) is 25.7 Å². The molecule has 6 atom stereocenters. The minimum atomic E-state index is -4.94. The fraction of sp³-hybridized carbons (Fsp3) is 0.935. The van der Waals surface area contributed by atoms with Gasteiger partial charge in [-0.05, 0) is 31.6 Å². The quantitative estimate of drug-likeness (QED) is 0.0222. The van der Waals surface area contributed by atoms with E-state index in [-0.39, 0.29) is 25.7 Å². The maximum absolute atomic E-state index is 12.9. The monoisotopic (exact) mass is 1200 g/mol. The average Bonchev–Trinajstić information content (AvgIpc) is 3.44. The summed E-state index contributed by atoms with van der Waals surface area (Å²) in [5.41, 5.74) is 0. The molecule has 0 fully saturated rings. The third kappa shape index (κ3) is 55.7. The third-order valence-corrected chi connectivity index (χ3v) is 16.5. The van der Waals surface area contributed by atoms with Crippen LogP contribution in [0.2, 0.25) is 0 Å². The van der Waals surface area contributed by atoms with Crippen LogP contribution in [0, 0.1) is 5.92 Å². The van der Waals surface area contributed by atoms with Crippen LogP contribution < -0.4 is 0 Å². The molecule has 0 saturated carbocycles. The Kier molecular flexibility index (Phi) is 54.6. The number of rotatable bonds is 62. The van der Waals surface area contributed by atoms with Gasteiger partial charge in [0.1, 0.15) is 19.3 Å². The minimum Gasteiger partial charge on any atom is -0.462 e. The van der Waals surface area contributed by atoms with Gasteiger partial charge in [0.2, 0.25) is 0 Å². The van der Waals surface area contributed by atoms with Crippen LogP contribution >= 0.6 is 15.6 Å². The number of aliphatic hydroxyl groups excluding tert-OH is 1. The first-order valence-electron chi connectivity index (χ1n) is 32.7. The zero-order valence-electron chi connectivity index (χ0n) is 51.9. The number of hydrogen-bond donors (Lipinski definition) is 3. The molecule has 0 heterocycles. The van der Waals surface area contributed by atoms with Gasteiger partial charge in [-0.15, -0.1) is 0 Å². The van der Waals surface area contributed by atoms with E-state index in [0.717, 1.165) is 102 Å². The van der Waals surface area contributed by atoms with E-state index >= 15 is 0 Å². The van der Waals surface area contributed by atoms with Crippen molar-refractivity contribution in [1.29, 1.82) is 0 Å². The predicted molar refractivity (Wildman–Crippen MR) is 322 cm³/mol. The molecule has 0 rings (SSSR count). The van der Waals surface area contributed by atoms with Crippen molar-refractivity contribution in [3.8, 4) is 0 Å². The summed E-state index contributed by atoms with van der Waals surface area (Å²) in [4.78, 5) is 71.8. The van der Waals surface area contributed by atoms with Crippen LogP contribution in [-0.2, 0) is 65.4 Å². The minimum absolute atomic E-state index is 0.105. The molecule has 0 aliphatic rings. The van der Waals surface area contributed by atoms with E-state index in [1.54, 1.807) is 0 Å². The Bertz CT molecular complexity index is 1590. The van der Waals surface area contributed by atoms with Crippen LogP contribution in [0.1, 0.15) is 311 Å². The number of esters is 4. The van der Waals surface area contributed by atoms with E-state index in [1.807, 2.05) is 0 Å². The molecule has 0 aliphatic heterocycles. The molecule has 81 heavy (non-hydrogen) atoms. The molecule has 0 aromatic heterocycles. The largest absolute Gasteiger partial charge is 0.472 e. The summed E-state index contributed by atoms with van der Waals surface area (Å²) in [6.07, 6.45) is 39.3. The molecule has 0 radical (unpaired) electrons. The maximum atomic E-state index is 12.9. The van der Waals surface area contributed by atoms with E-state index in [1.165, 1.54) is 128 Å². The normalized spacial score (nSPS) is 14.6. The molecule has 0 spiro atoms. The molecule has 480 valence electrons. The smallest absolute Gasteiger partial charge is 0.462 e. The van der Waals surface area contributed by atoms with Gasteiger partial charge in [0, 0.05) is 25.7 Å². The van der Waals surface area contributed by atoms with Crippen molar-refractivity contribution >= 4 is 39.5 Å². The second kappa shape index (κ2) is 55.9. The third-order valence-electron chi connectivity index (χ3n) is 14.6. The number of ether oxygens (including phenoxy) is 4. The summed E-state index contributed by atoms with van der Waals surface area (Å²) in [6.45, 7) is 7.11. The predicted octanol–water partition coefficient (Wildman–Crippen LogP) is 17.0. The molecule has 0 aromatic carbocycles. The highest BCUT2D eigenvalue weighted by Gasteiger charge is 2.30. The van der Waals surface area contributed by atoms with Crippen molar-refractivity contribution in [2.75, 3.05) is 39.6 Å². The number of hydrogen-bond acceptors (Lipinski definition) is 15. The Balaban J connectivity index is 5.11. The number of phosphoric acid groups is 2. The molecule has 3 N–H and O–H groups in total. The molecule has 0 bridgehead atoms. The Labute approximate surface area is 492 Å². The number of carbonyl (C=O) groups is 4. The molecule has 3 unspecified atom stereocenters. The average molecular weight is 1200 g/mol. The summed E-state index contributed by atoms with van der Waals surface area (Å²) in [5, 5.41) is 10.5. The van der Waals surface area contributed by atoms with Crippen LogP contribution in [0.15, 0.2) is 0 Å². The highest BCUT2D eigenvalue weighted by atomic mass is 31.2. The summed E-state index contributed by atoms with van der Waals surface area (Å²) < 4.78 is 67.6. The summed E-state index contributed by atoms with van der Waals surface area (Å²) in [6, 6.07) is 0. The number of phosphoric ester groups is 2. The van der Waals surface area contributed by atoms with Crippen LogP contribution in [0.4, 0.5) is 0 Å². The van der Waals surface area contributed by atoms with E-state index in [4.69, 9.17) is 37.0 Å². The lowest BCUT2D eigenvalue weighted by atomic mass is 9.99. The molecule has 17 nitrogen and oxygen atoms in total. The zero-order valence-corrected chi connectivity index (χ0v) is 53.7. The Morgan fingerprint density at radius 1 is 0.346 bits per heavy atom. The van der Waals surface area contributed by atoms with Crippen LogP contribution in [0.25, 0.3) is 0 Å². The van der Waals surface area contributed by atoms with Crippen molar-refractivity contribution in [2.45, 2.75) is 329 Å². The Morgan fingerprint density at radius 2 is 0.593 bits per heavy atom. The lowest BCUT2D eigenvalue weighted by Gasteiger charge is -2.21. The van der Waals surface area contributed by atoms with Gasteiger partial charge in [-0.1, -0.05) is 259 Å². The fourth-order valence-electron chi connectivity index (χ4n) is 9.20. The molecular formula is C62H120O17P2. The van der Waals surface area contributed by atoms with Crippen molar-refractivity contribution in [3.05, 3.63) is 0 Å². The molecule has 0 amide bonds. The number of unbranched alkanes of at least 4 members (excludes halogenated alkanes) is 33. The summed E-state index contributed by atoms with van der Waals surface area (Å²) in [7, 11) is -9.87. The molecule has 19 heteroatoms. The van der Waals surface area contributed by atoms with Gasteiger partial charge in [-0.2, -0.15) is 0 Å². The van der Waals surface area contributed by atoms with E-state index < -0.39 is 97.5 Å². The standard InChI is InChI=1S/C62H120O17P2/c1-6-10-13-16-18-26-31-36-41-46-60(65)73-52-58(79-62(67)48-43-38-33-29-25-23-21-20-22-24-28-30-35-39-44-55(5)9-4)54-77-81(70,71)75-50-56(63)49-74-80(68,69)76-53-57(51-72-59(64)45-40-34-15-12-8-3)78-61(66)47-42-37-32-27-19-17-14-11-7-2/h55-58,63H,6-54H2,1-5H3,(H,68,69)(H,70,71)/t55?,56-,57+,58+/m0/s1. The van der Waals surface area contributed by atoms with Gasteiger partial charge < -0.3 is 33.8 Å². The summed E-state index contributed by atoms with van der Waals surface area (Å²) >= 11 is 0.